The van der Waals surface area contributed by atoms with Crippen molar-refractivity contribution in [1.29, 1.82) is 0 Å². The molecule has 12 heteroatoms. The molecule has 0 amide bonds. The lowest BCUT2D eigenvalue weighted by Gasteiger charge is -2.15. The number of hydrogen-bond donors (Lipinski definition) is 2. The molecule has 2 aromatic heterocycles. The molecule has 2 N–H and O–H groups in total. The summed E-state index contributed by atoms with van der Waals surface area (Å²) in [5, 5.41) is 9.31. The Labute approximate surface area is 206 Å². The maximum atomic E-state index is 14.0. The second-order valence-corrected chi connectivity index (χ2v) is 8.84. The number of halogens is 5. The number of benzene rings is 2. The van der Waals surface area contributed by atoms with Crippen LogP contribution in [0.3, 0.4) is 0 Å². The number of nitrogens with zero attached hydrogens (tertiary/aromatic N) is 4. The highest BCUT2D eigenvalue weighted by Gasteiger charge is 2.38. The molecule has 0 aliphatic carbocycles. The molecule has 1 fully saturated rings. The Balaban J connectivity index is 1.57. The number of para-hydroxylation sites is 1. The minimum Gasteiger partial charge on any atom is -0.324 e. The topological polar surface area (TPSA) is 84.7 Å². The van der Waals surface area contributed by atoms with Crippen LogP contribution in [-0.2, 0) is 6.18 Å². The fourth-order valence-corrected chi connectivity index (χ4v) is 4.58. The van der Waals surface area contributed by atoms with Crippen molar-refractivity contribution in [3.05, 3.63) is 80.3 Å². The van der Waals surface area contributed by atoms with Crippen LogP contribution in [0.2, 0.25) is 10.0 Å². The molecule has 0 radical (unpaired) electrons. The molecule has 180 valence electrons. The van der Waals surface area contributed by atoms with Crippen molar-refractivity contribution in [2.45, 2.75) is 18.5 Å². The van der Waals surface area contributed by atoms with Crippen molar-refractivity contribution in [2.24, 2.45) is 0 Å². The third-order valence-corrected chi connectivity index (χ3v) is 6.36. The minimum atomic E-state index is -4.91. The molecule has 1 aliphatic rings. The molecule has 5 rings (SSSR count). The number of fused-ring (bicyclic) bond motifs is 1. The zero-order valence-electron chi connectivity index (χ0n) is 17.9. The minimum absolute atomic E-state index is 0.0318. The summed E-state index contributed by atoms with van der Waals surface area (Å²) >= 11 is 12.2. The Morgan fingerprint density at radius 1 is 1.09 bits per heavy atom. The zero-order chi connectivity index (χ0) is 24.7. The first kappa shape index (κ1) is 23.5. The Morgan fingerprint density at radius 2 is 1.80 bits per heavy atom. The number of hydrogen-bond acceptors (Lipinski definition) is 6. The van der Waals surface area contributed by atoms with Gasteiger partial charge in [0, 0.05) is 18.4 Å². The van der Waals surface area contributed by atoms with Gasteiger partial charge in [0.25, 0.3) is 5.56 Å². The Hall–Kier alpha value is -3.21. The summed E-state index contributed by atoms with van der Waals surface area (Å²) < 4.78 is 42.4. The number of nitrogens with one attached hydrogen (secondary N) is 2. The summed E-state index contributed by atoms with van der Waals surface area (Å²) in [6, 6.07) is 11.8. The van der Waals surface area contributed by atoms with Crippen molar-refractivity contribution in [3.8, 4) is 5.69 Å². The molecule has 3 heterocycles. The van der Waals surface area contributed by atoms with Crippen LogP contribution >= 0.6 is 23.2 Å². The van der Waals surface area contributed by atoms with E-state index in [-0.39, 0.29) is 27.1 Å². The van der Waals surface area contributed by atoms with Gasteiger partial charge in [-0.1, -0.05) is 41.4 Å². The van der Waals surface area contributed by atoms with E-state index in [4.69, 9.17) is 23.2 Å². The molecule has 1 aliphatic heterocycles. The normalized spacial score (nSPS) is 16.1. The van der Waals surface area contributed by atoms with E-state index in [1.807, 2.05) is 24.3 Å². The second kappa shape index (κ2) is 9.10. The highest BCUT2D eigenvalue weighted by atomic mass is 35.5. The van der Waals surface area contributed by atoms with Crippen molar-refractivity contribution >= 4 is 45.7 Å². The van der Waals surface area contributed by atoms with Crippen LogP contribution in [-0.4, -0.2) is 32.8 Å². The lowest BCUT2D eigenvalue weighted by molar-refractivity contribution is -0.140. The number of rotatable bonds is 4. The summed E-state index contributed by atoms with van der Waals surface area (Å²) in [5.41, 5.74) is -1.28. The Kier molecular flexibility index (Phi) is 6.12. The van der Waals surface area contributed by atoms with Crippen molar-refractivity contribution in [1.82, 2.24) is 25.1 Å². The predicted octanol–water partition coefficient (Wildman–Crippen LogP) is 5.32. The van der Waals surface area contributed by atoms with Gasteiger partial charge in [-0.2, -0.15) is 23.0 Å². The average Bonchev–Trinajstić information content (AvgIpc) is 3.35. The van der Waals surface area contributed by atoms with Gasteiger partial charge in [-0.15, -0.1) is 0 Å². The summed E-state index contributed by atoms with van der Waals surface area (Å²) in [5.74, 6) is 0.322. The third kappa shape index (κ3) is 4.56. The van der Waals surface area contributed by atoms with E-state index >= 15 is 0 Å². The van der Waals surface area contributed by atoms with Gasteiger partial charge in [-0.25, -0.2) is 9.97 Å². The summed E-state index contributed by atoms with van der Waals surface area (Å²) in [6.07, 6.45) is -2.83. The number of anilines is 2. The van der Waals surface area contributed by atoms with E-state index in [9.17, 15) is 18.0 Å². The zero-order valence-corrected chi connectivity index (χ0v) is 19.4. The summed E-state index contributed by atoms with van der Waals surface area (Å²) in [7, 11) is 0. The largest absolute Gasteiger partial charge is 0.437 e. The first-order valence-electron chi connectivity index (χ1n) is 10.6. The van der Waals surface area contributed by atoms with Gasteiger partial charge in [0.15, 0.2) is 5.69 Å². The van der Waals surface area contributed by atoms with Crippen molar-refractivity contribution < 1.29 is 13.2 Å². The first-order valence-corrected chi connectivity index (χ1v) is 11.4. The van der Waals surface area contributed by atoms with Gasteiger partial charge in [-0.3, -0.25) is 4.79 Å². The van der Waals surface area contributed by atoms with Crippen LogP contribution in [0.25, 0.3) is 16.6 Å². The van der Waals surface area contributed by atoms with Crippen molar-refractivity contribution in [2.75, 3.05) is 18.4 Å². The first-order chi connectivity index (χ1) is 16.7. The molecule has 35 heavy (non-hydrogen) atoms. The quantitative estimate of drug-likeness (QED) is 0.378. The lowest BCUT2D eigenvalue weighted by Crippen LogP contribution is -2.27. The van der Waals surface area contributed by atoms with Crippen molar-refractivity contribution in [3.63, 3.8) is 0 Å². The molecule has 4 aromatic rings. The molecular formula is C23H17Cl2F3N6O. The van der Waals surface area contributed by atoms with Crippen LogP contribution in [0, 0.1) is 0 Å². The van der Waals surface area contributed by atoms with Gasteiger partial charge in [0.1, 0.15) is 11.2 Å². The Morgan fingerprint density at radius 3 is 2.43 bits per heavy atom. The maximum Gasteiger partial charge on any atom is 0.437 e. The van der Waals surface area contributed by atoms with Crippen LogP contribution in [0.4, 0.5) is 24.8 Å². The van der Waals surface area contributed by atoms with Crippen LogP contribution in [0.15, 0.2) is 53.5 Å². The number of aromatic nitrogens is 4. The van der Waals surface area contributed by atoms with E-state index in [0.29, 0.717) is 16.3 Å². The molecule has 2 aromatic carbocycles. The lowest BCUT2D eigenvalue weighted by atomic mass is 9.98. The van der Waals surface area contributed by atoms with Gasteiger partial charge in [0.05, 0.1) is 15.4 Å². The highest BCUT2D eigenvalue weighted by molar-refractivity contribution is 6.37. The molecule has 7 nitrogen and oxygen atoms in total. The van der Waals surface area contributed by atoms with Gasteiger partial charge in [-0.05, 0) is 48.7 Å². The fraction of sp³-hybridized carbons (Fsp3) is 0.217. The van der Waals surface area contributed by atoms with E-state index in [1.165, 1.54) is 23.8 Å². The predicted molar refractivity (Wildman–Crippen MR) is 128 cm³/mol. The summed E-state index contributed by atoms with van der Waals surface area (Å²) in [4.78, 5) is 21.1. The fourth-order valence-electron chi connectivity index (χ4n) is 4.03. The molecule has 0 saturated carbocycles. The SMILES string of the molecule is O=c1c2cnc(Nc3ccc(C4CCNC4)cc3)nc2c(C(F)(F)F)nn1-c1c(Cl)cccc1Cl. The monoisotopic (exact) mass is 520 g/mol. The highest BCUT2D eigenvalue weighted by Crippen LogP contribution is 2.34. The molecule has 0 bridgehead atoms. The summed E-state index contributed by atoms with van der Waals surface area (Å²) in [6.45, 7) is 1.88. The molecule has 0 spiro atoms. The average molecular weight is 521 g/mol. The third-order valence-electron chi connectivity index (χ3n) is 5.75. The maximum absolute atomic E-state index is 14.0. The standard InChI is InChI=1S/C23H17Cl2F3N6O/c24-16-2-1-3-17(25)19(16)34-21(35)15-11-30-22(32-18(15)20(33-34)23(26,27)28)31-14-6-4-12(5-7-14)13-8-9-29-10-13/h1-7,11,13,29H,8-10H2,(H,30,31,32). The van der Waals surface area contributed by atoms with Crippen LogP contribution in [0.1, 0.15) is 23.6 Å². The van der Waals surface area contributed by atoms with Gasteiger partial charge >= 0.3 is 6.18 Å². The van der Waals surface area contributed by atoms with E-state index < -0.39 is 22.9 Å². The molecule has 1 unspecified atom stereocenters. The van der Waals surface area contributed by atoms with E-state index in [0.717, 1.165) is 25.7 Å². The molecule has 1 saturated heterocycles. The van der Waals surface area contributed by atoms with E-state index in [1.54, 1.807) is 0 Å². The van der Waals surface area contributed by atoms with E-state index in [2.05, 4.69) is 25.7 Å². The van der Waals surface area contributed by atoms with Gasteiger partial charge < -0.3 is 10.6 Å². The molecule has 1 atom stereocenters. The second-order valence-electron chi connectivity index (χ2n) is 8.03. The van der Waals surface area contributed by atoms with Gasteiger partial charge in [0.2, 0.25) is 5.95 Å². The smallest absolute Gasteiger partial charge is 0.324 e. The van der Waals surface area contributed by atoms with Crippen LogP contribution in [0.5, 0.6) is 0 Å². The Bertz CT molecular complexity index is 1450. The number of alkyl halides is 3. The molecular weight excluding hydrogens is 504 g/mol. The van der Waals surface area contributed by atoms with Crippen LogP contribution < -0.4 is 16.2 Å².